The van der Waals surface area contributed by atoms with Gasteiger partial charge < -0.3 is 11.1 Å². The molecule has 0 radical (unpaired) electrons. The van der Waals surface area contributed by atoms with Crippen molar-refractivity contribution in [1.29, 1.82) is 0 Å². The highest BCUT2D eigenvalue weighted by Crippen LogP contribution is 2.17. The molecule has 1 aliphatic rings. The molecular formula is C11H22ClN3O. The van der Waals surface area contributed by atoms with Gasteiger partial charge in [-0.2, -0.15) is 0 Å². The van der Waals surface area contributed by atoms with Crippen molar-refractivity contribution in [3.05, 3.63) is 12.7 Å². The van der Waals surface area contributed by atoms with Crippen LogP contribution in [0, 0.1) is 5.92 Å². The molecule has 5 heteroatoms. The van der Waals surface area contributed by atoms with Gasteiger partial charge in [0, 0.05) is 13.1 Å². The van der Waals surface area contributed by atoms with Crippen LogP contribution in [0.2, 0.25) is 0 Å². The average Bonchev–Trinajstić information content (AvgIpc) is 2.73. The van der Waals surface area contributed by atoms with Gasteiger partial charge in [0.15, 0.2) is 0 Å². The molecule has 0 spiro atoms. The summed E-state index contributed by atoms with van der Waals surface area (Å²) in [4.78, 5) is 13.8. The maximum absolute atomic E-state index is 11.7. The molecule has 1 amide bonds. The largest absolute Gasteiger partial charge is 0.351 e. The van der Waals surface area contributed by atoms with Crippen LogP contribution in [-0.2, 0) is 4.79 Å². The van der Waals surface area contributed by atoms with Crippen LogP contribution in [0.4, 0.5) is 0 Å². The molecule has 0 aromatic heterocycles. The summed E-state index contributed by atoms with van der Waals surface area (Å²) in [6, 6.07) is -0.0542. The van der Waals surface area contributed by atoms with Gasteiger partial charge in [-0.25, -0.2) is 0 Å². The Hall–Kier alpha value is -0.580. The first kappa shape index (κ1) is 15.4. The molecule has 0 aromatic rings. The fourth-order valence-electron chi connectivity index (χ4n) is 1.89. The highest BCUT2D eigenvalue weighted by molar-refractivity contribution is 5.85. The summed E-state index contributed by atoms with van der Waals surface area (Å²) in [6.45, 7) is 8.69. The van der Waals surface area contributed by atoms with Gasteiger partial charge in [0.2, 0.25) is 5.91 Å². The van der Waals surface area contributed by atoms with E-state index in [-0.39, 0.29) is 24.4 Å². The third-order valence-electron chi connectivity index (χ3n) is 3.00. The Morgan fingerprint density at radius 2 is 2.44 bits per heavy atom. The molecule has 16 heavy (non-hydrogen) atoms. The molecule has 4 nitrogen and oxygen atoms in total. The SMILES string of the molecule is C=CCNC(=O)C(C)N1CCC(CN)C1.Cl. The fraction of sp³-hybridized carbons (Fsp3) is 0.727. The van der Waals surface area contributed by atoms with Gasteiger partial charge in [0.1, 0.15) is 0 Å². The molecule has 0 aliphatic carbocycles. The minimum atomic E-state index is -0.0542. The molecule has 0 bridgehead atoms. The number of nitrogens with one attached hydrogen (secondary N) is 1. The molecule has 1 aliphatic heterocycles. The number of carbonyl (C=O) groups excluding carboxylic acids is 1. The Labute approximate surface area is 104 Å². The molecule has 1 heterocycles. The fourth-order valence-corrected chi connectivity index (χ4v) is 1.89. The second-order valence-corrected chi connectivity index (χ2v) is 4.10. The van der Waals surface area contributed by atoms with E-state index < -0.39 is 0 Å². The minimum absolute atomic E-state index is 0. The third-order valence-corrected chi connectivity index (χ3v) is 3.00. The van der Waals surface area contributed by atoms with Gasteiger partial charge >= 0.3 is 0 Å². The highest BCUT2D eigenvalue weighted by Gasteiger charge is 2.28. The van der Waals surface area contributed by atoms with Crippen LogP contribution in [0.25, 0.3) is 0 Å². The normalized spacial score (nSPS) is 22.2. The molecule has 2 unspecified atom stereocenters. The lowest BCUT2D eigenvalue weighted by molar-refractivity contribution is -0.125. The van der Waals surface area contributed by atoms with Crippen molar-refractivity contribution in [1.82, 2.24) is 10.2 Å². The summed E-state index contributed by atoms with van der Waals surface area (Å²) < 4.78 is 0. The number of likely N-dealkylation sites (tertiary alicyclic amines) is 1. The molecule has 3 N–H and O–H groups in total. The van der Waals surface area contributed by atoms with Crippen molar-refractivity contribution >= 4 is 18.3 Å². The Morgan fingerprint density at radius 3 is 2.94 bits per heavy atom. The number of amides is 1. The molecule has 1 rings (SSSR count). The number of nitrogens with zero attached hydrogens (tertiary/aromatic N) is 1. The Kier molecular flexibility index (Phi) is 7.38. The van der Waals surface area contributed by atoms with Crippen LogP contribution in [0.15, 0.2) is 12.7 Å². The van der Waals surface area contributed by atoms with Crippen molar-refractivity contribution in [2.45, 2.75) is 19.4 Å². The van der Waals surface area contributed by atoms with Gasteiger partial charge in [0.05, 0.1) is 6.04 Å². The third kappa shape index (κ3) is 4.12. The van der Waals surface area contributed by atoms with Gasteiger partial charge in [-0.05, 0) is 32.4 Å². The van der Waals surface area contributed by atoms with Crippen molar-refractivity contribution in [2.24, 2.45) is 11.7 Å². The van der Waals surface area contributed by atoms with Gasteiger partial charge in [-0.1, -0.05) is 6.08 Å². The number of halogens is 1. The summed E-state index contributed by atoms with van der Waals surface area (Å²) in [5, 5.41) is 2.81. The van der Waals surface area contributed by atoms with E-state index in [0.717, 1.165) is 26.1 Å². The Bertz CT molecular complexity index is 235. The standard InChI is InChI=1S/C11H21N3O.ClH/c1-3-5-13-11(15)9(2)14-6-4-10(7-12)8-14;/h3,9-10H,1,4-8,12H2,2H3,(H,13,15);1H. The summed E-state index contributed by atoms with van der Waals surface area (Å²) in [6.07, 6.45) is 2.80. The maximum Gasteiger partial charge on any atom is 0.237 e. The first-order valence-electron chi connectivity index (χ1n) is 5.51. The van der Waals surface area contributed by atoms with E-state index in [2.05, 4.69) is 16.8 Å². The lowest BCUT2D eigenvalue weighted by atomic mass is 10.1. The molecule has 1 fully saturated rings. The van der Waals surface area contributed by atoms with Gasteiger partial charge in [0.25, 0.3) is 0 Å². The predicted molar refractivity (Wildman–Crippen MR) is 68.7 cm³/mol. The van der Waals surface area contributed by atoms with E-state index in [4.69, 9.17) is 5.73 Å². The van der Waals surface area contributed by atoms with Crippen LogP contribution >= 0.6 is 12.4 Å². The highest BCUT2D eigenvalue weighted by atomic mass is 35.5. The molecule has 0 aromatic carbocycles. The number of carbonyl (C=O) groups is 1. The van der Waals surface area contributed by atoms with Gasteiger partial charge in [-0.3, -0.25) is 9.69 Å². The zero-order chi connectivity index (χ0) is 11.3. The van der Waals surface area contributed by atoms with Crippen molar-refractivity contribution in [2.75, 3.05) is 26.2 Å². The minimum Gasteiger partial charge on any atom is -0.351 e. The van der Waals surface area contributed by atoms with Crippen LogP contribution in [-0.4, -0.2) is 43.0 Å². The maximum atomic E-state index is 11.7. The smallest absolute Gasteiger partial charge is 0.237 e. The lowest BCUT2D eigenvalue weighted by Crippen LogP contribution is -2.44. The molecular weight excluding hydrogens is 226 g/mol. The summed E-state index contributed by atoms with van der Waals surface area (Å²) in [5.41, 5.74) is 5.61. The number of hydrogen-bond donors (Lipinski definition) is 2. The number of nitrogens with two attached hydrogens (primary N) is 1. The molecule has 94 valence electrons. The van der Waals surface area contributed by atoms with Crippen LogP contribution < -0.4 is 11.1 Å². The van der Waals surface area contributed by atoms with E-state index in [1.165, 1.54) is 0 Å². The number of hydrogen-bond acceptors (Lipinski definition) is 3. The summed E-state index contributed by atoms with van der Waals surface area (Å²) in [7, 11) is 0. The first-order valence-corrected chi connectivity index (χ1v) is 5.51. The summed E-state index contributed by atoms with van der Waals surface area (Å²) in [5.74, 6) is 0.632. The molecule has 1 saturated heterocycles. The van der Waals surface area contributed by atoms with Crippen LogP contribution in [0.3, 0.4) is 0 Å². The number of rotatable bonds is 5. The van der Waals surface area contributed by atoms with Gasteiger partial charge in [-0.15, -0.1) is 19.0 Å². The van der Waals surface area contributed by atoms with E-state index in [0.29, 0.717) is 12.5 Å². The van der Waals surface area contributed by atoms with Crippen LogP contribution in [0.1, 0.15) is 13.3 Å². The zero-order valence-corrected chi connectivity index (χ0v) is 10.6. The lowest BCUT2D eigenvalue weighted by Gasteiger charge is -2.23. The molecule has 0 saturated carbocycles. The van der Waals surface area contributed by atoms with E-state index in [1.807, 2.05) is 6.92 Å². The van der Waals surface area contributed by atoms with E-state index in [1.54, 1.807) is 6.08 Å². The average molecular weight is 248 g/mol. The van der Waals surface area contributed by atoms with E-state index >= 15 is 0 Å². The van der Waals surface area contributed by atoms with E-state index in [9.17, 15) is 4.79 Å². The summed E-state index contributed by atoms with van der Waals surface area (Å²) >= 11 is 0. The first-order chi connectivity index (χ1) is 7.19. The topological polar surface area (TPSA) is 58.4 Å². The zero-order valence-electron chi connectivity index (χ0n) is 9.82. The molecule has 2 atom stereocenters. The van der Waals surface area contributed by atoms with Crippen molar-refractivity contribution < 1.29 is 4.79 Å². The van der Waals surface area contributed by atoms with Crippen molar-refractivity contribution in [3.8, 4) is 0 Å². The second kappa shape index (κ2) is 7.65. The Morgan fingerprint density at radius 1 is 1.75 bits per heavy atom. The monoisotopic (exact) mass is 247 g/mol. The van der Waals surface area contributed by atoms with Crippen molar-refractivity contribution in [3.63, 3.8) is 0 Å². The van der Waals surface area contributed by atoms with Crippen LogP contribution in [0.5, 0.6) is 0 Å². The predicted octanol–water partition coefficient (Wildman–Crippen LogP) is 0.379. The quantitative estimate of drug-likeness (QED) is 0.691. The Balaban J connectivity index is 0.00000225. The second-order valence-electron chi connectivity index (χ2n) is 4.10.